The van der Waals surface area contributed by atoms with Gasteiger partial charge in [0.15, 0.2) is 0 Å². The maximum atomic E-state index is 11.6. The van der Waals surface area contributed by atoms with Crippen molar-refractivity contribution in [1.29, 1.82) is 5.41 Å². The maximum Gasteiger partial charge on any atom is 0.316 e. The molecule has 0 bridgehead atoms. The lowest BCUT2D eigenvalue weighted by atomic mass is 10.1. The molecular formula is C11H12N4O2. The van der Waals surface area contributed by atoms with E-state index in [2.05, 4.69) is 5.32 Å². The number of hydrogen-bond donors (Lipinski definition) is 3. The molecular weight excluding hydrogens is 220 g/mol. The molecule has 1 heterocycles. The van der Waals surface area contributed by atoms with Crippen LogP contribution in [0.1, 0.15) is 5.56 Å². The second-order valence-electron chi connectivity index (χ2n) is 3.67. The number of nitrogens with one attached hydrogen (secondary N) is 2. The summed E-state index contributed by atoms with van der Waals surface area (Å²) in [6, 6.07) is 6.65. The molecule has 1 aromatic carbocycles. The minimum absolute atomic E-state index is 0.0285. The number of piperazine rings is 1. The Kier molecular flexibility index (Phi) is 2.78. The van der Waals surface area contributed by atoms with Crippen LogP contribution in [0.15, 0.2) is 24.3 Å². The van der Waals surface area contributed by atoms with Gasteiger partial charge in [-0.1, -0.05) is 0 Å². The summed E-state index contributed by atoms with van der Waals surface area (Å²) in [5.41, 5.74) is 6.55. The zero-order chi connectivity index (χ0) is 12.4. The molecule has 0 radical (unpaired) electrons. The van der Waals surface area contributed by atoms with E-state index in [0.717, 1.165) is 0 Å². The Morgan fingerprint density at radius 2 is 1.94 bits per heavy atom. The average Bonchev–Trinajstić information content (AvgIpc) is 2.33. The van der Waals surface area contributed by atoms with Gasteiger partial charge in [0.1, 0.15) is 5.84 Å². The van der Waals surface area contributed by atoms with Crippen LogP contribution in [0.5, 0.6) is 0 Å². The van der Waals surface area contributed by atoms with Crippen molar-refractivity contribution in [3.05, 3.63) is 29.8 Å². The fourth-order valence-electron chi connectivity index (χ4n) is 1.65. The number of hydrogen-bond acceptors (Lipinski definition) is 3. The number of anilines is 1. The fraction of sp³-hybridized carbons (Fsp3) is 0.182. The highest BCUT2D eigenvalue weighted by molar-refractivity contribution is 6.41. The number of benzene rings is 1. The standard InChI is InChI=1S/C11H12N4O2/c12-9(13)7-1-3-8(4-2-7)15-6-5-14-10(16)11(15)17/h1-4H,5-6H2,(H3,12,13)(H,14,16). The molecule has 0 spiro atoms. The third kappa shape index (κ3) is 2.10. The lowest BCUT2D eigenvalue weighted by Gasteiger charge is -2.26. The zero-order valence-electron chi connectivity index (χ0n) is 9.06. The van der Waals surface area contributed by atoms with E-state index < -0.39 is 11.8 Å². The van der Waals surface area contributed by atoms with Gasteiger partial charge in [-0.3, -0.25) is 15.0 Å². The number of carbonyl (C=O) groups excluding carboxylic acids is 2. The van der Waals surface area contributed by atoms with Gasteiger partial charge in [0, 0.05) is 24.3 Å². The van der Waals surface area contributed by atoms with E-state index in [1.807, 2.05) is 0 Å². The summed E-state index contributed by atoms with van der Waals surface area (Å²) in [6.07, 6.45) is 0. The molecule has 1 aliphatic heterocycles. The van der Waals surface area contributed by atoms with Gasteiger partial charge in [0.05, 0.1) is 0 Å². The van der Waals surface area contributed by atoms with Gasteiger partial charge in [-0.05, 0) is 24.3 Å². The summed E-state index contributed by atoms with van der Waals surface area (Å²) in [6.45, 7) is 0.892. The molecule has 0 unspecified atom stereocenters. The summed E-state index contributed by atoms with van der Waals surface area (Å²) in [7, 11) is 0. The van der Waals surface area contributed by atoms with Crippen LogP contribution in [-0.2, 0) is 9.59 Å². The first-order valence-electron chi connectivity index (χ1n) is 5.14. The summed E-state index contributed by atoms with van der Waals surface area (Å²) in [5, 5.41) is 9.73. The number of amides is 2. The van der Waals surface area contributed by atoms with Gasteiger partial charge in [0.25, 0.3) is 0 Å². The van der Waals surface area contributed by atoms with Crippen LogP contribution in [0.4, 0.5) is 5.69 Å². The minimum atomic E-state index is -0.591. The third-order valence-electron chi connectivity index (χ3n) is 2.55. The number of carbonyl (C=O) groups is 2. The number of nitrogen functional groups attached to an aromatic ring is 1. The van der Waals surface area contributed by atoms with Crippen molar-refractivity contribution in [2.75, 3.05) is 18.0 Å². The van der Waals surface area contributed by atoms with E-state index in [1.165, 1.54) is 4.90 Å². The third-order valence-corrected chi connectivity index (χ3v) is 2.55. The number of nitrogens with zero attached hydrogens (tertiary/aromatic N) is 1. The zero-order valence-corrected chi connectivity index (χ0v) is 9.06. The second-order valence-corrected chi connectivity index (χ2v) is 3.67. The van der Waals surface area contributed by atoms with E-state index >= 15 is 0 Å². The highest BCUT2D eigenvalue weighted by Crippen LogP contribution is 2.16. The quantitative estimate of drug-likeness (QED) is 0.362. The van der Waals surface area contributed by atoms with Gasteiger partial charge >= 0.3 is 11.8 Å². The smallest absolute Gasteiger partial charge is 0.316 e. The van der Waals surface area contributed by atoms with Crippen molar-refractivity contribution >= 4 is 23.3 Å². The molecule has 0 aromatic heterocycles. The average molecular weight is 232 g/mol. The van der Waals surface area contributed by atoms with E-state index in [4.69, 9.17) is 11.1 Å². The Bertz CT molecular complexity index is 481. The second kappa shape index (κ2) is 4.25. The highest BCUT2D eigenvalue weighted by atomic mass is 16.2. The Labute approximate surface area is 97.9 Å². The maximum absolute atomic E-state index is 11.6. The molecule has 1 saturated heterocycles. The molecule has 6 heteroatoms. The number of rotatable bonds is 2. The predicted octanol–water partition coefficient (Wildman–Crippen LogP) is -0.567. The van der Waals surface area contributed by atoms with Gasteiger partial charge < -0.3 is 16.0 Å². The summed E-state index contributed by atoms with van der Waals surface area (Å²) >= 11 is 0. The molecule has 0 atom stereocenters. The largest absolute Gasteiger partial charge is 0.384 e. The highest BCUT2D eigenvalue weighted by Gasteiger charge is 2.26. The minimum Gasteiger partial charge on any atom is -0.384 e. The lowest BCUT2D eigenvalue weighted by Crippen LogP contribution is -2.52. The predicted molar refractivity (Wildman–Crippen MR) is 62.8 cm³/mol. The van der Waals surface area contributed by atoms with Gasteiger partial charge in [0.2, 0.25) is 0 Å². The van der Waals surface area contributed by atoms with Crippen LogP contribution in [0.25, 0.3) is 0 Å². The molecule has 2 rings (SSSR count). The van der Waals surface area contributed by atoms with E-state index in [-0.39, 0.29) is 5.84 Å². The van der Waals surface area contributed by atoms with Crippen molar-refractivity contribution in [3.8, 4) is 0 Å². The Morgan fingerprint density at radius 1 is 1.29 bits per heavy atom. The van der Waals surface area contributed by atoms with E-state index in [9.17, 15) is 9.59 Å². The van der Waals surface area contributed by atoms with Gasteiger partial charge in [-0.2, -0.15) is 0 Å². The summed E-state index contributed by atoms with van der Waals surface area (Å²) < 4.78 is 0. The SMILES string of the molecule is N=C(N)c1ccc(N2CCNC(=O)C2=O)cc1. The number of nitrogens with two attached hydrogens (primary N) is 1. The fourth-order valence-corrected chi connectivity index (χ4v) is 1.65. The first kappa shape index (κ1) is 11.1. The van der Waals surface area contributed by atoms with E-state index in [1.54, 1.807) is 24.3 Å². The van der Waals surface area contributed by atoms with Gasteiger partial charge in [-0.15, -0.1) is 0 Å². The Morgan fingerprint density at radius 3 is 2.53 bits per heavy atom. The van der Waals surface area contributed by atoms with Crippen LogP contribution in [0.2, 0.25) is 0 Å². The Balaban J connectivity index is 2.25. The van der Waals surface area contributed by atoms with Crippen molar-refractivity contribution < 1.29 is 9.59 Å². The van der Waals surface area contributed by atoms with Crippen LogP contribution in [0.3, 0.4) is 0 Å². The monoisotopic (exact) mass is 232 g/mol. The molecule has 4 N–H and O–H groups in total. The molecule has 17 heavy (non-hydrogen) atoms. The van der Waals surface area contributed by atoms with Crippen LogP contribution in [-0.4, -0.2) is 30.7 Å². The van der Waals surface area contributed by atoms with Crippen LogP contribution >= 0.6 is 0 Å². The van der Waals surface area contributed by atoms with Crippen LogP contribution in [0, 0.1) is 5.41 Å². The molecule has 1 fully saturated rings. The number of amidine groups is 1. The first-order valence-corrected chi connectivity index (χ1v) is 5.14. The first-order chi connectivity index (χ1) is 8.09. The van der Waals surface area contributed by atoms with Crippen molar-refractivity contribution in [1.82, 2.24) is 5.32 Å². The molecule has 0 saturated carbocycles. The Hall–Kier alpha value is -2.37. The van der Waals surface area contributed by atoms with Crippen LogP contribution < -0.4 is 16.0 Å². The molecule has 2 amide bonds. The normalized spacial score (nSPS) is 15.6. The van der Waals surface area contributed by atoms with Crippen molar-refractivity contribution in [2.24, 2.45) is 5.73 Å². The molecule has 1 aliphatic rings. The van der Waals surface area contributed by atoms with Gasteiger partial charge in [-0.25, -0.2) is 0 Å². The topological polar surface area (TPSA) is 99.3 Å². The summed E-state index contributed by atoms with van der Waals surface area (Å²) in [4.78, 5) is 24.2. The van der Waals surface area contributed by atoms with Crippen molar-refractivity contribution in [2.45, 2.75) is 0 Å². The molecule has 0 aliphatic carbocycles. The molecule has 6 nitrogen and oxygen atoms in total. The summed E-state index contributed by atoms with van der Waals surface area (Å²) in [5.74, 6) is -1.18. The lowest BCUT2D eigenvalue weighted by molar-refractivity contribution is -0.138. The van der Waals surface area contributed by atoms with E-state index in [0.29, 0.717) is 24.3 Å². The molecule has 88 valence electrons. The molecule has 1 aromatic rings. The van der Waals surface area contributed by atoms with Crippen molar-refractivity contribution in [3.63, 3.8) is 0 Å².